The van der Waals surface area contributed by atoms with E-state index >= 15 is 0 Å². The maximum atomic E-state index is 5.57. The van der Waals surface area contributed by atoms with Crippen LogP contribution in [0.15, 0.2) is 12.4 Å². The Bertz CT molecular complexity index is 566. The van der Waals surface area contributed by atoms with Gasteiger partial charge in [0.2, 0.25) is 5.95 Å². The molecule has 2 heterocycles. The zero-order valence-corrected chi connectivity index (χ0v) is 12.3. The molecule has 0 radical (unpaired) electrons. The molecule has 2 rings (SSSR count). The minimum absolute atomic E-state index is 0.0121. The molecule has 1 N–H and O–H groups in total. The molecule has 0 aliphatic rings. The Morgan fingerprint density at radius 1 is 1.25 bits per heavy atom. The van der Waals surface area contributed by atoms with Crippen LogP contribution in [-0.2, 0) is 6.54 Å². The lowest BCUT2D eigenvalue weighted by Gasteiger charge is -2.10. The van der Waals surface area contributed by atoms with Crippen molar-refractivity contribution in [2.75, 3.05) is 11.9 Å². The van der Waals surface area contributed by atoms with Crippen molar-refractivity contribution in [2.45, 2.75) is 40.3 Å². The third kappa shape index (κ3) is 3.43. The predicted octanol–water partition coefficient (Wildman–Crippen LogP) is 1.97. The fraction of sp³-hybridized carbons (Fsp3) is 0.538. The molecule has 0 aliphatic heterocycles. The van der Waals surface area contributed by atoms with Crippen molar-refractivity contribution in [1.82, 2.24) is 24.7 Å². The van der Waals surface area contributed by atoms with E-state index in [1.54, 1.807) is 6.20 Å². The van der Waals surface area contributed by atoms with Crippen LogP contribution in [0.5, 0.6) is 6.01 Å². The summed E-state index contributed by atoms with van der Waals surface area (Å²) in [5.74, 6) is 1.07. The summed E-state index contributed by atoms with van der Waals surface area (Å²) in [7, 11) is 0. The van der Waals surface area contributed by atoms with E-state index in [0.717, 1.165) is 18.7 Å². The zero-order valence-electron chi connectivity index (χ0n) is 12.3. The Morgan fingerprint density at radius 2 is 2.05 bits per heavy atom. The summed E-state index contributed by atoms with van der Waals surface area (Å²) < 4.78 is 7.40. The quantitative estimate of drug-likeness (QED) is 0.869. The summed E-state index contributed by atoms with van der Waals surface area (Å²) in [5.41, 5.74) is 0.849. The number of aromatic nitrogens is 5. The topological polar surface area (TPSA) is 77.8 Å². The highest BCUT2D eigenvalue weighted by molar-refractivity contribution is 5.54. The van der Waals surface area contributed by atoms with Crippen LogP contribution in [0.3, 0.4) is 0 Å². The lowest BCUT2D eigenvalue weighted by molar-refractivity contribution is 0.222. The van der Waals surface area contributed by atoms with Crippen molar-refractivity contribution in [2.24, 2.45) is 0 Å². The summed E-state index contributed by atoms with van der Waals surface area (Å²) in [4.78, 5) is 13.0. The van der Waals surface area contributed by atoms with Gasteiger partial charge in [-0.3, -0.25) is 4.68 Å². The third-order valence-electron chi connectivity index (χ3n) is 2.51. The molecule has 0 saturated carbocycles. The van der Waals surface area contributed by atoms with Gasteiger partial charge < -0.3 is 10.1 Å². The second-order valence-electron chi connectivity index (χ2n) is 4.55. The van der Waals surface area contributed by atoms with Gasteiger partial charge in [-0.1, -0.05) is 0 Å². The first kappa shape index (κ1) is 14.2. The molecular formula is C13H20N6O. The standard InChI is InChI=1S/C13H20N6O/c1-5-14-12-16-11(10-7-15-19(6-2)8-10)17-13(18-12)20-9(3)4/h7-9H,5-6H2,1-4H3,(H,14,16,17,18). The SMILES string of the molecule is CCNc1nc(OC(C)C)nc(-c2cnn(CC)c2)n1. The van der Waals surface area contributed by atoms with Gasteiger partial charge in [-0.25, -0.2) is 0 Å². The zero-order chi connectivity index (χ0) is 14.5. The van der Waals surface area contributed by atoms with Crippen LogP contribution in [0.1, 0.15) is 27.7 Å². The summed E-state index contributed by atoms with van der Waals surface area (Å²) in [6.07, 6.45) is 3.66. The molecule has 2 aromatic rings. The Hall–Kier alpha value is -2.18. The molecule has 2 aromatic heterocycles. The lowest BCUT2D eigenvalue weighted by atomic mass is 10.3. The van der Waals surface area contributed by atoms with Crippen LogP contribution in [0.2, 0.25) is 0 Å². The van der Waals surface area contributed by atoms with Crippen LogP contribution in [0.4, 0.5) is 5.95 Å². The maximum absolute atomic E-state index is 5.57. The van der Waals surface area contributed by atoms with Crippen LogP contribution in [0.25, 0.3) is 11.4 Å². The Morgan fingerprint density at radius 3 is 2.65 bits per heavy atom. The molecule has 0 aromatic carbocycles. The highest BCUT2D eigenvalue weighted by Gasteiger charge is 2.11. The number of aryl methyl sites for hydroxylation is 1. The average Bonchev–Trinajstić information content (AvgIpc) is 2.86. The normalized spacial score (nSPS) is 10.8. The largest absolute Gasteiger partial charge is 0.461 e. The van der Waals surface area contributed by atoms with Gasteiger partial charge in [-0.05, 0) is 27.7 Å². The minimum atomic E-state index is 0.0121. The van der Waals surface area contributed by atoms with Crippen molar-refractivity contribution in [1.29, 1.82) is 0 Å². The number of nitrogens with one attached hydrogen (secondary N) is 1. The number of hydrogen-bond acceptors (Lipinski definition) is 6. The van der Waals surface area contributed by atoms with Crippen molar-refractivity contribution >= 4 is 5.95 Å². The third-order valence-corrected chi connectivity index (χ3v) is 2.51. The van der Waals surface area contributed by atoms with Crippen molar-refractivity contribution in [3.63, 3.8) is 0 Å². The number of nitrogens with zero attached hydrogens (tertiary/aromatic N) is 5. The first-order valence-corrected chi connectivity index (χ1v) is 6.81. The van der Waals surface area contributed by atoms with Gasteiger partial charge in [0.25, 0.3) is 0 Å². The van der Waals surface area contributed by atoms with Crippen LogP contribution in [0, 0.1) is 0 Å². The molecule has 0 saturated heterocycles. The molecule has 0 aliphatic carbocycles. The van der Waals surface area contributed by atoms with E-state index in [2.05, 4.69) is 25.4 Å². The summed E-state index contributed by atoms with van der Waals surface area (Å²) in [5, 5.41) is 7.32. The molecule has 20 heavy (non-hydrogen) atoms. The second-order valence-corrected chi connectivity index (χ2v) is 4.55. The molecule has 7 nitrogen and oxygen atoms in total. The molecule has 0 amide bonds. The molecule has 108 valence electrons. The fourth-order valence-electron chi connectivity index (χ4n) is 1.64. The molecule has 0 spiro atoms. The summed E-state index contributed by atoms with van der Waals surface area (Å²) in [6, 6.07) is 0.324. The maximum Gasteiger partial charge on any atom is 0.322 e. The van der Waals surface area contributed by atoms with E-state index in [1.165, 1.54) is 0 Å². The van der Waals surface area contributed by atoms with Crippen LogP contribution < -0.4 is 10.1 Å². The molecule has 7 heteroatoms. The summed E-state index contributed by atoms with van der Waals surface area (Å²) >= 11 is 0. The van der Waals surface area contributed by atoms with Crippen molar-refractivity contribution in [3.8, 4) is 17.4 Å². The Balaban J connectivity index is 2.37. The van der Waals surface area contributed by atoms with Gasteiger partial charge >= 0.3 is 6.01 Å². The van der Waals surface area contributed by atoms with Gasteiger partial charge in [0.05, 0.1) is 17.9 Å². The molecule has 0 unspecified atom stereocenters. The minimum Gasteiger partial charge on any atom is -0.461 e. The number of rotatable bonds is 6. The predicted molar refractivity (Wildman–Crippen MR) is 76.6 cm³/mol. The highest BCUT2D eigenvalue weighted by Crippen LogP contribution is 2.18. The molecule has 0 fully saturated rings. The van der Waals surface area contributed by atoms with Gasteiger partial charge in [-0.15, -0.1) is 0 Å². The highest BCUT2D eigenvalue weighted by atomic mass is 16.5. The first-order valence-electron chi connectivity index (χ1n) is 6.81. The van der Waals surface area contributed by atoms with Crippen molar-refractivity contribution < 1.29 is 4.74 Å². The van der Waals surface area contributed by atoms with E-state index in [4.69, 9.17) is 4.74 Å². The van der Waals surface area contributed by atoms with Crippen molar-refractivity contribution in [3.05, 3.63) is 12.4 Å². The van der Waals surface area contributed by atoms with Crippen LogP contribution in [-0.4, -0.2) is 37.4 Å². The smallest absolute Gasteiger partial charge is 0.322 e. The Kier molecular flexibility index (Phi) is 4.49. The first-order chi connectivity index (χ1) is 9.62. The molecule has 0 atom stereocenters. The van der Waals surface area contributed by atoms with Gasteiger partial charge in [-0.2, -0.15) is 20.1 Å². The van der Waals surface area contributed by atoms with E-state index in [0.29, 0.717) is 17.8 Å². The fourth-order valence-corrected chi connectivity index (χ4v) is 1.64. The molecular weight excluding hydrogens is 256 g/mol. The Labute approximate surface area is 118 Å². The van der Waals surface area contributed by atoms with E-state index in [9.17, 15) is 0 Å². The molecule has 0 bridgehead atoms. The van der Waals surface area contributed by atoms with Gasteiger partial charge in [0.15, 0.2) is 5.82 Å². The monoisotopic (exact) mass is 276 g/mol. The number of ether oxygens (including phenoxy) is 1. The van der Waals surface area contributed by atoms with Crippen LogP contribution >= 0.6 is 0 Å². The summed E-state index contributed by atoms with van der Waals surface area (Å²) in [6.45, 7) is 9.43. The second kappa shape index (κ2) is 6.31. The van der Waals surface area contributed by atoms with Gasteiger partial charge in [0.1, 0.15) is 0 Å². The lowest BCUT2D eigenvalue weighted by Crippen LogP contribution is -2.12. The van der Waals surface area contributed by atoms with E-state index < -0.39 is 0 Å². The van der Waals surface area contributed by atoms with E-state index in [-0.39, 0.29) is 6.10 Å². The average molecular weight is 276 g/mol. The van der Waals surface area contributed by atoms with E-state index in [1.807, 2.05) is 38.6 Å². The number of anilines is 1. The number of hydrogen-bond donors (Lipinski definition) is 1. The van der Waals surface area contributed by atoms with Gasteiger partial charge in [0, 0.05) is 19.3 Å².